The first kappa shape index (κ1) is 20.8. The van der Waals surface area contributed by atoms with Crippen molar-refractivity contribution in [3.8, 4) is 0 Å². The number of carbonyl (C=O) groups excluding carboxylic acids is 1. The molecule has 1 heterocycles. The third-order valence-electron chi connectivity index (χ3n) is 4.94. The molecule has 2 aromatic rings. The highest BCUT2D eigenvalue weighted by molar-refractivity contribution is 7.91. The van der Waals surface area contributed by atoms with Crippen LogP contribution >= 0.6 is 11.6 Å². The number of benzene rings is 2. The normalized spacial score (nSPS) is 18.3. The predicted octanol–water partition coefficient (Wildman–Crippen LogP) is 2.99. The first-order valence-electron chi connectivity index (χ1n) is 9.29. The molecule has 150 valence electrons. The van der Waals surface area contributed by atoms with Gasteiger partial charge in [0.1, 0.15) is 0 Å². The van der Waals surface area contributed by atoms with E-state index in [1.807, 2.05) is 66.5 Å². The Morgan fingerprint density at radius 2 is 1.68 bits per heavy atom. The first-order chi connectivity index (χ1) is 13.3. The van der Waals surface area contributed by atoms with Crippen molar-refractivity contribution < 1.29 is 13.2 Å². The van der Waals surface area contributed by atoms with Crippen molar-refractivity contribution >= 4 is 27.3 Å². The SMILES string of the molecule is CN(CC(=O)N(Cc1ccccc1)[C@@H]1CCS(=O)(=O)C1)Cc1ccc(Cl)cc1. The topological polar surface area (TPSA) is 57.7 Å². The minimum atomic E-state index is -3.07. The number of halogens is 1. The van der Waals surface area contributed by atoms with Crippen LogP contribution in [-0.4, -0.2) is 55.3 Å². The van der Waals surface area contributed by atoms with Gasteiger partial charge in [0, 0.05) is 24.2 Å². The molecule has 1 aliphatic rings. The zero-order chi connectivity index (χ0) is 20.1. The van der Waals surface area contributed by atoms with Crippen molar-refractivity contribution in [2.75, 3.05) is 25.1 Å². The Balaban J connectivity index is 1.69. The molecule has 0 saturated carbocycles. The molecule has 1 saturated heterocycles. The molecule has 0 N–H and O–H groups in total. The molecule has 2 aromatic carbocycles. The molecule has 1 atom stereocenters. The van der Waals surface area contributed by atoms with Crippen LogP contribution in [0.3, 0.4) is 0 Å². The fourth-order valence-electron chi connectivity index (χ4n) is 3.50. The lowest BCUT2D eigenvalue weighted by molar-refractivity contribution is -0.134. The summed E-state index contributed by atoms with van der Waals surface area (Å²) in [5.41, 5.74) is 2.07. The number of hydrogen-bond donors (Lipinski definition) is 0. The Labute approximate surface area is 171 Å². The van der Waals surface area contributed by atoms with Crippen LogP contribution < -0.4 is 0 Å². The van der Waals surface area contributed by atoms with E-state index in [-0.39, 0.29) is 30.0 Å². The van der Waals surface area contributed by atoms with Crippen molar-refractivity contribution in [2.24, 2.45) is 0 Å². The van der Waals surface area contributed by atoms with Gasteiger partial charge in [0.25, 0.3) is 0 Å². The lowest BCUT2D eigenvalue weighted by atomic mass is 10.1. The molecular weight excluding hydrogens is 396 g/mol. The Hall–Kier alpha value is -1.89. The summed E-state index contributed by atoms with van der Waals surface area (Å²) in [5, 5.41) is 0.680. The van der Waals surface area contributed by atoms with E-state index in [9.17, 15) is 13.2 Å². The minimum absolute atomic E-state index is 0.0481. The van der Waals surface area contributed by atoms with Crippen molar-refractivity contribution in [3.05, 3.63) is 70.7 Å². The highest BCUT2D eigenvalue weighted by atomic mass is 35.5. The molecule has 0 bridgehead atoms. The summed E-state index contributed by atoms with van der Waals surface area (Å²) in [4.78, 5) is 16.7. The molecule has 7 heteroatoms. The van der Waals surface area contributed by atoms with Gasteiger partial charge in [-0.3, -0.25) is 9.69 Å². The highest BCUT2D eigenvalue weighted by Crippen LogP contribution is 2.21. The van der Waals surface area contributed by atoms with Crippen molar-refractivity contribution in [2.45, 2.75) is 25.6 Å². The summed E-state index contributed by atoms with van der Waals surface area (Å²) >= 11 is 5.92. The van der Waals surface area contributed by atoms with Crippen LogP contribution in [-0.2, 0) is 27.7 Å². The van der Waals surface area contributed by atoms with Crippen molar-refractivity contribution in [1.82, 2.24) is 9.80 Å². The van der Waals surface area contributed by atoms with Gasteiger partial charge in [-0.1, -0.05) is 54.1 Å². The number of rotatable bonds is 7. The fraction of sp³-hybridized carbons (Fsp3) is 0.381. The van der Waals surface area contributed by atoms with Crippen LogP contribution in [0.4, 0.5) is 0 Å². The third-order valence-corrected chi connectivity index (χ3v) is 6.94. The van der Waals surface area contributed by atoms with Gasteiger partial charge >= 0.3 is 0 Å². The molecular formula is C21H25ClN2O3S. The van der Waals surface area contributed by atoms with E-state index in [1.165, 1.54) is 0 Å². The van der Waals surface area contributed by atoms with E-state index < -0.39 is 9.84 Å². The van der Waals surface area contributed by atoms with Gasteiger partial charge in [-0.15, -0.1) is 0 Å². The maximum atomic E-state index is 13.1. The van der Waals surface area contributed by atoms with Gasteiger partial charge in [-0.25, -0.2) is 8.42 Å². The van der Waals surface area contributed by atoms with Gasteiger partial charge < -0.3 is 4.90 Å². The minimum Gasteiger partial charge on any atom is -0.333 e. The van der Waals surface area contributed by atoms with Crippen LogP contribution in [0.5, 0.6) is 0 Å². The second kappa shape index (κ2) is 9.07. The average Bonchev–Trinajstić information content (AvgIpc) is 3.02. The van der Waals surface area contributed by atoms with Crippen LogP contribution in [0.1, 0.15) is 17.5 Å². The second-order valence-electron chi connectivity index (χ2n) is 7.36. The summed E-state index contributed by atoms with van der Waals surface area (Å²) < 4.78 is 23.9. The van der Waals surface area contributed by atoms with E-state index in [4.69, 9.17) is 11.6 Å². The maximum absolute atomic E-state index is 13.1. The van der Waals surface area contributed by atoms with E-state index in [1.54, 1.807) is 4.90 Å². The van der Waals surface area contributed by atoms with E-state index >= 15 is 0 Å². The van der Waals surface area contributed by atoms with Crippen molar-refractivity contribution in [3.63, 3.8) is 0 Å². The molecule has 5 nitrogen and oxygen atoms in total. The summed E-state index contributed by atoms with van der Waals surface area (Å²) in [5.74, 6) is 0.144. The molecule has 0 aromatic heterocycles. The fourth-order valence-corrected chi connectivity index (χ4v) is 5.36. The van der Waals surface area contributed by atoms with E-state index in [2.05, 4.69) is 0 Å². The summed E-state index contributed by atoms with van der Waals surface area (Å²) in [6, 6.07) is 17.0. The number of hydrogen-bond acceptors (Lipinski definition) is 4. The number of amides is 1. The number of carbonyl (C=O) groups is 1. The largest absolute Gasteiger partial charge is 0.333 e. The molecule has 0 spiro atoms. The summed E-state index contributed by atoms with van der Waals surface area (Å²) in [6.07, 6.45) is 0.502. The smallest absolute Gasteiger partial charge is 0.237 e. The predicted molar refractivity (Wildman–Crippen MR) is 112 cm³/mol. The molecule has 0 unspecified atom stereocenters. The van der Waals surface area contributed by atoms with Gasteiger partial charge in [-0.05, 0) is 36.7 Å². The first-order valence-corrected chi connectivity index (χ1v) is 11.5. The van der Waals surface area contributed by atoms with Gasteiger partial charge in [0.2, 0.25) is 5.91 Å². The zero-order valence-corrected chi connectivity index (χ0v) is 17.5. The van der Waals surface area contributed by atoms with Crippen molar-refractivity contribution in [1.29, 1.82) is 0 Å². The molecule has 0 aliphatic carbocycles. The summed E-state index contributed by atoms with van der Waals surface area (Å²) in [7, 11) is -1.18. The summed E-state index contributed by atoms with van der Waals surface area (Å²) in [6.45, 7) is 1.27. The maximum Gasteiger partial charge on any atom is 0.237 e. The number of nitrogens with zero attached hydrogens (tertiary/aromatic N) is 2. The Morgan fingerprint density at radius 1 is 1.04 bits per heavy atom. The van der Waals surface area contributed by atoms with Crippen LogP contribution in [0.2, 0.25) is 5.02 Å². The Kier molecular flexibility index (Phi) is 6.75. The van der Waals surface area contributed by atoms with E-state index in [0.29, 0.717) is 24.5 Å². The molecule has 0 radical (unpaired) electrons. The van der Waals surface area contributed by atoms with Crippen LogP contribution in [0, 0.1) is 0 Å². The number of sulfone groups is 1. The van der Waals surface area contributed by atoms with Gasteiger partial charge in [0.15, 0.2) is 9.84 Å². The second-order valence-corrected chi connectivity index (χ2v) is 10.0. The lowest BCUT2D eigenvalue weighted by Crippen LogP contribution is -2.45. The van der Waals surface area contributed by atoms with E-state index in [0.717, 1.165) is 11.1 Å². The highest BCUT2D eigenvalue weighted by Gasteiger charge is 2.34. The van der Waals surface area contributed by atoms with Crippen LogP contribution in [0.15, 0.2) is 54.6 Å². The molecule has 1 aliphatic heterocycles. The standard InChI is InChI=1S/C21H25ClN2O3S/c1-23(13-18-7-9-19(22)10-8-18)15-21(25)24(14-17-5-3-2-4-6-17)20-11-12-28(26,27)16-20/h2-10,20H,11-16H2,1H3/t20-/m1/s1. The molecule has 1 amide bonds. The van der Waals surface area contributed by atoms with Crippen LogP contribution in [0.25, 0.3) is 0 Å². The lowest BCUT2D eigenvalue weighted by Gasteiger charge is -2.30. The third kappa shape index (κ3) is 5.80. The molecule has 1 fully saturated rings. The quantitative estimate of drug-likeness (QED) is 0.691. The average molecular weight is 421 g/mol. The van der Waals surface area contributed by atoms with Gasteiger partial charge in [-0.2, -0.15) is 0 Å². The monoisotopic (exact) mass is 420 g/mol. The molecule has 28 heavy (non-hydrogen) atoms. The molecule has 3 rings (SSSR count). The Morgan fingerprint density at radius 3 is 2.29 bits per heavy atom. The van der Waals surface area contributed by atoms with Gasteiger partial charge in [0.05, 0.1) is 18.1 Å². The Bertz CT molecular complexity index is 901. The number of likely N-dealkylation sites (N-methyl/N-ethyl adjacent to an activating group) is 1. The zero-order valence-electron chi connectivity index (χ0n) is 15.9.